The van der Waals surface area contributed by atoms with Gasteiger partial charge in [0.15, 0.2) is 0 Å². The third-order valence-electron chi connectivity index (χ3n) is 1.70. The zero-order valence-corrected chi connectivity index (χ0v) is 9.90. The summed E-state index contributed by atoms with van der Waals surface area (Å²) in [5, 5.41) is 12.2. The largest absolute Gasteiger partial charge is 0.391 e. The molecule has 0 saturated carbocycles. The number of carbonyl (C=O) groups is 1. The number of alkyl halides is 1. The van der Waals surface area contributed by atoms with Crippen LogP contribution in [0.1, 0.15) is 33.6 Å². The van der Waals surface area contributed by atoms with Gasteiger partial charge in [-0.25, -0.2) is 0 Å². The molecule has 14 heavy (non-hydrogen) atoms. The molecule has 2 N–H and O–H groups in total. The van der Waals surface area contributed by atoms with Gasteiger partial charge in [-0.15, -0.1) is 11.6 Å². The van der Waals surface area contributed by atoms with Crippen LogP contribution in [0.5, 0.6) is 0 Å². The van der Waals surface area contributed by atoms with E-state index in [1.807, 2.05) is 0 Å². The standard InChI is InChI=1S/C10H20ClNO2/c1-10(2,3)6-8(13)7-12-9(14)4-5-11/h8,13H,4-7H2,1-3H3,(H,12,14). The number of rotatable bonds is 5. The molecule has 84 valence electrons. The summed E-state index contributed by atoms with van der Waals surface area (Å²) >= 11 is 5.39. The molecule has 0 saturated heterocycles. The minimum Gasteiger partial charge on any atom is -0.391 e. The van der Waals surface area contributed by atoms with Crippen LogP contribution in [0.3, 0.4) is 0 Å². The quantitative estimate of drug-likeness (QED) is 0.692. The zero-order chi connectivity index (χ0) is 11.2. The predicted octanol–water partition coefficient (Wildman–Crippen LogP) is 1.53. The van der Waals surface area contributed by atoms with Crippen LogP contribution in [0, 0.1) is 5.41 Å². The van der Waals surface area contributed by atoms with Gasteiger partial charge in [0.05, 0.1) is 6.10 Å². The maximum absolute atomic E-state index is 11.0. The van der Waals surface area contributed by atoms with Gasteiger partial charge >= 0.3 is 0 Å². The Kier molecular flexibility index (Phi) is 6.12. The number of nitrogens with one attached hydrogen (secondary N) is 1. The van der Waals surface area contributed by atoms with Crippen molar-refractivity contribution in [3.05, 3.63) is 0 Å². The van der Waals surface area contributed by atoms with E-state index < -0.39 is 6.10 Å². The van der Waals surface area contributed by atoms with Crippen LogP contribution >= 0.6 is 11.6 Å². The summed E-state index contributed by atoms with van der Waals surface area (Å²) in [4.78, 5) is 11.0. The Bertz CT molecular complexity index is 177. The lowest BCUT2D eigenvalue weighted by Gasteiger charge is -2.22. The van der Waals surface area contributed by atoms with Crippen LogP contribution in [0.2, 0.25) is 0 Å². The van der Waals surface area contributed by atoms with Crippen molar-refractivity contribution < 1.29 is 9.90 Å². The second-order valence-corrected chi connectivity index (χ2v) is 5.04. The summed E-state index contributed by atoms with van der Waals surface area (Å²) in [5.74, 6) is 0.217. The van der Waals surface area contributed by atoms with Crippen LogP contribution in [-0.4, -0.2) is 29.5 Å². The monoisotopic (exact) mass is 221 g/mol. The zero-order valence-electron chi connectivity index (χ0n) is 9.14. The Morgan fingerprint density at radius 2 is 2.07 bits per heavy atom. The molecule has 3 nitrogen and oxygen atoms in total. The molecule has 0 bridgehead atoms. The Labute approximate surface area is 90.8 Å². The number of carbonyl (C=O) groups excluding carboxylic acids is 1. The number of hydrogen-bond donors (Lipinski definition) is 2. The van der Waals surface area contributed by atoms with E-state index in [9.17, 15) is 9.90 Å². The molecule has 0 aromatic carbocycles. The summed E-state index contributed by atoms with van der Waals surface area (Å²) in [6.07, 6.45) is 0.507. The van der Waals surface area contributed by atoms with Crippen LogP contribution in [-0.2, 0) is 4.79 Å². The first kappa shape index (κ1) is 13.7. The van der Waals surface area contributed by atoms with E-state index in [1.165, 1.54) is 0 Å². The summed E-state index contributed by atoms with van der Waals surface area (Å²) in [6.45, 7) is 6.47. The molecule has 1 unspecified atom stereocenters. The van der Waals surface area contributed by atoms with Crippen molar-refractivity contribution in [1.29, 1.82) is 0 Å². The summed E-state index contributed by atoms with van der Waals surface area (Å²) < 4.78 is 0. The van der Waals surface area contributed by atoms with Crippen LogP contribution in [0.25, 0.3) is 0 Å². The van der Waals surface area contributed by atoms with E-state index in [0.717, 1.165) is 0 Å². The first-order chi connectivity index (χ1) is 6.35. The first-order valence-electron chi connectivity index (χ1n) is 4.86. The number of aliphatic hydroxyl groups excluding tert-OH is 1. The second kappa shape index (κ2) is 6.25. The van der Waals surface area contributed by atoms with E-state index in [1.54, 1.807) is 0 Å². The lowest BCUT2D eigenvalue weighted by Crippen LogP contribution is -2.34. The second-order valence-electron chi connectivity index (χ2n) is 4.66. The van der Waals surface area contributed by atoms with Gasteiger partial charge in [0.25, 0.3) is 0 Å². The third kappa shape index (κ3) is 8.32. The normalized spacial score (nSPS) is 13.8. The van der Waals surface area contributed by atoms with Crippen LogP contribution in [0.15, 0.2) is 0 Å². The topological polar surface area (TPSA) is 49.3 Å². The molecule has 0 heterocycles. The Morgan fingerprint density at radius 1 is 1.50 bits per heavy atom. The van der Waals surface area contributed by atoms with Gasteiger partial charge in [-0.2, -0.15) is 0 Å². The maximum atomic E-state index is 11.0. The molecule has 0 radical (unpaired) electrons. The Hall–Kier alpha value is -0.280. The van der Waals surface area contributed by atoms with Gasteiger partial charge in [0, 0.05) is 18.8 Å². The molecule has 0 aliphatic rings. The lowest BCUT2D eigenvalue weighted by molar-refractivity contribution is -0.121. The molecular weight excluding hydrogens is 202 g/mol. The van der Waals surface area contributed by atoms with Gasteiger partial charge in [0.2, 0.25) is 5.91 Å². The highest BCUT2D eigenvalue weighted by molar-refractivity contribution is 6.18. The molecule has 0 fully saturated rings. The summed E-state index contributed by atoms with van der Waals surface area (Å²) in [7, 11) is 0. The minimum atomic E-state index is -0.478. The Balaban J connectivity index is 3.63. The summed E-state index contributed by atoms with van der Waals surface area (Å²) in [6, 6.07) is 0. The molecule has 1 amide bonds. The van der Waals surface area contributed by atoms with Crippen molar-refractivity contribution in [1.82, 2.24) is 5.32 Å². The van der Waals surface area contributed by atoms with E-state index >= 15 is 0 Å². The van der Waals surface area contributed by atoms with E-state index in [0.29, 0.717) is 25.3 Å². The first-order valence-corrected chi connectivity index (χ1v) is 5.39. The smallest absolute Gasteiger partial charge is 0.221 e. The van der Waals surface area contributed by atoms with Crippen molar-refractivity contribution in [2.45, 2.75) is 39.7 Å². The molecule has 0 spiro atoms. The number of hydrogen-bond acceptors (Lipinski definition) is 2. The SMILES string of the molecule is CC(C)(C)CC(O)CNC(=O)CCCl. The van der Waals surface area contributed by atoms with Crippen molar-refractivity contribution in [2.24, 2.45) is 5.41 Å². The molecule has 0 aliphatic heterocycles. The number of halogens is 1. The van der Waals surface area contributed by atoms with Crippen LogP contribution in [0.4, 0.5) is 0 Å². The van der Waals surface area contributed by atoms with E-state index in [4.69, 9.17) is 11.6 Å². The van der Waals surface area contributed by atoms with Gasteiger partial charge in [-0.05, 0) is 11.8 Å². The fourth-order valence-electron chi connectivity index (χ4n) is 1.18. The van der Waals surface area contributed by atoms with Gasteiger partial charge in [-0.3, -0.25) is 4.79 Å². The minimum absolute atomic E-state index is 0.0800. The highest BCUT2D eigenvalue weighted by atomic mass is 35.5. The highest BCUT2D eigenvalue weighted by Crippen LogP contribution is 2.20. The fourth-order valence-corrected chi connectivity index (χ4v) is 1.36. The molecule has 0 aromatic rings. The van der Waals surface area contributed by atoms with Crippen LogP contribution < -0.4 is 5.32 Å². The third-order valence-corrected chi connectivity index (χ3v) is 1.89. The number of amides is 1. The van der Waals surface area contributed by atoms with Gasteiger partial charge < -0.3 is 10.4 Å². The van der Waals surface area contributed by atoms with Gasteiger partial charge in [-0.1, -0.05) is 20.8 Å². The van der Waals surface area contributed by atoms with Crippen molar-refractivity contribution in [3.63, 3.8) is 0 Å². The molecule has 0 aromatic heterocycles. The fraction of sp³-hybridized carbons (Fsp3) is 0.900. The van der Waals surface area contributed by atoms with E-state index in [-0.39, 0.29) is 11.3 Å². The predicted molar refractivity (Wildman–Crippen MR) is 58.4 cm³/mol. The average molecular weight is 222 g/mol. The molecule has 0 aliphatic carbocycles. The molecule has 0 rings (SSSR count). The lowest BCUT2D eigenvalue weighted by atomic mass is 9.89. The molecule has 4 heteroatoms. The van der Waals surface area contributed by atoms with Crippen molar-refractivity contribution in [3.8, 4) is 0 Å². The average Bonchev–Trinajstić information content (AvgIpc) is 1.98. The van der Waals surface area contributed by atoms with Gasteiger partial charge in [0.1, 0.15) is 0 Å². The van der Waals surface area contributed by atoms with E-state index in [2.05, 4.69) is 26.1 Å². The number of aliphatic hydroxyl groups is 1. The molecular formula is C10H20ClNO2. The van der Waals surface area contributed by atoms with Crippen molar-refractivity contribution in [2.75, 3.05) is 12.4 Å². The Morgan fingerprint density at radius 3 is 2.50 bits per heavy atom. The highest BCUT2D eigenvalue weighted by Gasteiger charge is 2.16. The maximum Gasteiger partial charge on any atom is 0.221 e. The van der Waals surface area contributed by atoms with Crippen molar-refractivity contribution >= 4 is 17.5 Å². The summed E-state index contributed by atoms with van der Waals surface area (Å²) in [5.41, 5.74) is 0.0800. The molecule has 1 atom stereocenters.